The maximum Gasteiger partial charge on any atom is 0.433 e. The second kappa shape index (κ2) is 12.1. The molecule has 2 heterocycles. The fraction of sp³-hybridized carbons (Fsp3) is 0.200. The van der Waals surface area contributed by atoms with Crippen molar-refractivity contribution in [3.05, 3.63) is 94.0 Å². The van der Waals surface area contributed by atoms with Crippen molar-refractivity contribution in [1.29, 1.82) is 0 Å². The zero-order valence-electron chi connectivity index (χ0n) is 20.0. The van der Waals surface area contributed by atoms with Gasteiger partial charge in [-0.1, -0.05) is 18.2 Å². The van der Waals surface area contributed by atoms with Crippen LogP contribution in [0, 0.1) is 10.1 Å². The number of nitrogens with zero attached hydrogens (tertiary/aromatic N) is 3. The molecule has 0 radical (unpaired) electrons. The SMILES string of the molecule is C=CC(C1=CC(=O)C(OC)=CC1=O)c1ccc(OC)cc1.O=C1OCCN1N=Cc1ccc([N+](=O)[O-])o1. The summed E-state index contributed by atoms with van der Waals surface area (Å²) in [5, 5.41) is 15.2. The summed E-state index contributed by atoms with van der Waals surface area (Å²) in [6.45, 7) is 4.41. The summed E-state index contributed by atoms with van der Waals surface area (Å²) in [5.74, 6) is -0.289. The Balaban J connectivity index is 0.000000213. The van der Waals surface area contributed by atoms with E-state index in [1.165, 1.54) is 37.6 Å². The van der Waals surface area contributed by atoms with E-state index in [1.54, 1.807) is 25.3 Å². The van der Waals surface area contributed by atoms with Crippen LogP contribution >= 0.6 is 0 Å². The van der Waals surface area contributed by atoms with Crippen LogP contribution in [0.5, 0.6) is 5.75 Å². The minimum Gasteiger partial charge on any atom is -0.497 e. The Morgan fingerprint density at radius 3 is 2.35 bits per heavy atom. The summed E-state index contributed by atoms with van der Waals surface area (Å²) in [5.41, 5.74) is 1.26. The van der Waals surface area contributed by atoms with Gasteiger partial charge < -0.3 is 18.6 Å². The molecule has 37 heavy (non-hydrogen) atoms. The molecule has 4 rings (SSSR count). The molecular formula is C25H23N3O9. The summed E-state index contributed by atoms with van der Waals surface area (Å²) < 4.78 is 19.4. The van der Waals surface area contributed by atoms with Crippen molar-refractivity contribution >= 4 is 29.8 Å². The molecule has 1 aromatic carbocycles. The third-order valence-corrected chi connectivity index (χ3v) is 5.20. The fourth-order valence-electron chi connectivity index (χ4n) is 3.34. The van der Waals surface area contributed by atoms with Gasteiger partial charge in [-0.25, -0.2) is 4.79 Å². The highest BCUT2D eigenvalue weighted by Crippen LogP contribution is 2.30. The molecule has 0 saturated carbocycles. The quantitative estimate of drug-likeness (QED) is 0.171. The number of hydrazone groups is 1. The van der Waals surface area contributed by atoms with E-state index in [4.69, 9.17) is 13.9 Å². The molecule has 1 fully saturated rings. The first-order valence-electron chi connectivity index (χ1n) is 10.8. The maximum absolute atomic E-state index is 12.2. The van der Waals surface area contributed by atoms with E-state index in [-0.39, 0.29) is 41.5 Å². The molecule has 1 amide bonds. The molecule has 2 aromatic rings. The van der Waals surface area contributed by atoms with Crippen molar-refractivity contribution in [3.63, 3.8) is 0 Å². The van der Waals surface area contributed by atoms with Gasteiger partial charge in [-0.15, -0.1) is 6.58 Å². The van der Waals surface area contributed by atoms with Gasteiger partial charge in [0, 0.05) is 17.6 Å². The second-order valence-electron chi connectivity index (χ2n) is 7.44. The zero-order chi connectivity index (χ0) is 26.9. The number of nitro groups is 1. The van der Waals surface area contributed by atoms with Gasteiger partial charge >= 0.3 is 12.0 Å². The number of amides is 1. The minimum absolute atomic E-state index is 0.0568. The predicted molar refractivity (Wildman–Crippen MR) is 130 cm³/mol. The van der Waals surface area contributed by atoms with Crippen molar-refractivity contribution in [3.8, 4) is 5.75 Å². The lowest BCUT2D eigenvalue weighted by molar-refractivity contribution is -0.402. The molecule has 0 spiro atoms. The zero-order valence-corrected chi connectivity index (χ0v) is 20.0. The number of hydrogen-bond donors (Lipinski definition) is 0. The van der Waals surface area contributed by atoms with E-state index in [0.29, 0.717) is 12.1 Å². The van der Waals surface area contributed by atoms with Crippen LogP contribution in [0.3, 0.4) is 0 Å². The first-order chi connectivity index (χ1) is 17.8. The largest absolute Gasteiger partial charge is 0.497 e. The van der Waals surface area contributed by atoms with E-state index in [0.717, 1.165) is 16.3 Å². The normalized spacial score (nSPS) is 15.8. The number of benzene rings is 1. The van der Waals surface area contributed by atoms with Crippen molar-refractivity contribution in [2.24, 2.45) is 5.10 Å². The maximum atomic E-state index is 12.2. The molecular weight excluding hydrogens is 486 g/mol. The number of carbonyl (C=O) groups excluding carboxylic acids is 3. The molecule has 192 valence electrons. The average Bonchev–Trinajstić information content (AvgIpc) is 3.54. The van der Waals surface area contributed by atoms with Gasteiger partial charge in [0.2, 0.25) is 5.78 Å². The Bertz CT molecular complexity index is 1290. The smallest absolute Gasteiger partial charge is 0.433 e. The lowest BCUT2D eigenvalue weighted by Gasteiger charge is -2.18. The molecule has 1 saturated heterocycles. The van der Waals surface area contributed by atoms with Crippen LogP contribution in [-0.2, 0) is 19.1 Å². The van der Waals surface area contributed by atoms with Crippen LogP contribution in [0.25, 0.3) is 0 Å². The van der Waals surface area contributed by atoms with Gasteiger partial charge in [0.05, 0.1) is 33.0 Å². The molecule has 12 nitrogen and oxygen atoms in total. The Morgan fingerprint density at radius 2 is 1.81 bits per heavy atom. The standard InChI is InChI=1S/C17H16O4.C8H7N3O5/c1-4-13(11-5-7-12(20-2)8-6-11)14-9-16(19)17(21-3)10-15(14)18;12-8-10(3-4-15-8)9-5-6-1-2-7(16-6)11(13)14/h4-10,13H,1H2,2-3H3;1-2,5H,3-4H2. The molecule has 1 atom stereocenters. The van der Waals surface area contributed by atoms with Crippen molar-refractivity contribution in [1.82, 2.24) is 5.01 Å². The predicted octanol–water partition coefficient (Wildman–Crippen LogP) is 3.55. The minimum atomic E-state index is -0.651. The molecule has 0 N–H and O–H groups in total. The van der Waals surface area contributed by atoms with Crippen LogP contribution in [-0.4, -0.2) is 61.2 Å². The van der Waals surface area contributed by atoms with E-state index < -0.39 is 11.0 Å². The number of carbonyl (C=O) groups is 3. The average molecular weight is 509 g/mol. The summed E-state index contributed by atoms with van der Waals surface area (Å²) >= 11 is 0. The summed E-state index contributed by atoms with van der Waals surface area (Å²) in [6.07, 6.45) is 4.86. The molecule has 2 aliphatic rings. The fourth-order valence-corrected chi connectivity index (χ4v) is 3.34. The number of methoxy groups -OCH3 is 2. The van der Waals surface area contributed by atoms with Gasteiger partial charge in [-0.05, 0) is 29.8 Å². The first-order valence-corrected chi connectivity index (χ1v) is 10.8. The lowest BCUT2D eigenvalue weighted by Crippen LogP contribution is -2.18. The van der Waals surface area contributed by atoms with Crippen LogP contribution in [0.4, 0.5) is 10.7 Å². The number of ether oxygens (including phenoxy) is 3. The number of allylic oxidation sites excluding steroid dienone is 4. The van der Waals surface area contributed by atoms with Crippen LogP contribution in [0.1, 0.15) is 17.2 Å². The Morgan fingerprint density at radius 1 is 1.08 bits per heavy atom. The summed E-state index contributed by atoms with van der Waals surface area (Å²) in [6, 6.07) is 9.90. The van der Waals surface area contributed by atoms with Crippen LogP contribution in [0.2, 0.25) is 0 Å². The van der Waals surface area contributed by atoms with Gasteiger partial charge in [0.1, 0.15) is 17.3 Å². The van der Waals surface area contributed by atoms with Gasteiger partial charge in [-0.2, -0.15) is 10.1 Å². The van der Waals surface area contributed by atoms with E-state index >= 15 is 0 Å². The van der Waals surface area contributed by atoms with Gasteiger partial charge in [0.25, 0.3) is 0 Å². The second-order valence-corrected chi connectivity index (χ2v) is 7.44. The topological polar surface area (TPSA) is 151 Å². The molecule has 1 aliphatic carbocycles. The highest BCUT2D eigenvalue weighted by atomic mass is 16.6. The molecule has 1 aromatic heterocycles. The Labute approximate surface area is 211 Å². The van der Waals surface area contributed by atoms with Gasteiger partial charge in [-0.3, -0.25) is 19.7 Å². The summed E-state index contributed by atoms with van der Waals surface area (Å²) in [7, 11) is 2.95. The first kappa shape index (κ1) is 26.6. The number of cyclic esters (lactones) is 1. The van der Waals surface area contributed by atoms with Gasteiger partial charge in [0.15, 0.2) is 17.3 Å². The molecule has 0 bridgehead atoms. The van der Waals surface area contributed by atoms with Crippen molar-refractivity contribution in [2.45, 2.75) is 5.92 Å². The van der Waals surface area contributed by atoms with Crippen LogP contribution < -0.4 is 4.74 Å². The van der Waals surface area contributed by atoms with E-state index in [2.05, 4.69) is 16.4 Å². The lowest BCUT2D eigenvalue weighted by atomic mass is 9.85. The third kappa shape index (κ3) is 6.57. The number of hydrogen-bond acceptors (Lipinski definition) is 10. The number of ketones is 2. The third-order valence-electron chi connectivity index (χ3n) is 5.20. The molecule has 1 aliphatic heterocycles. The molecule has 12 heteroatoms. The van der Waals surface area contributed by atoms with E-state index in [9.17, 15) is 24.5 Å². The van der Waals surface area contributed by atoms with Crippen molar-refractivity contribution < 1.29 is 37.9 Å². The summed E-state index contributed by atoms with van der Waals surface area (Å²) in [4.78, 5) is 44.6. The molecule has 1 unspecified atom stereocenters. The highest BCUT2D eigenvalue weighted by molar-refractivity contribution is 6.19. The number of rotatable bonds is 8. The van der Waals surface area contributed by atoms with Crippen molar-refractivity contribution in [2.75, 3.05) is 27.4 Å². The Kier molecular flexibility index (Phi) is 8.71. The Hall–Kier alpha value is -5.00. The monoisotopic (exact) mass is 509 g/mol. The number of furan rings is 1. The van der Waals surface area contributed by atoms with E-state index in [1.807, 2.05) is 12.1 Å². The highest BCUT2D eigenvalue weighted by Gasteiger charge is 2.26. The van der Waals surface area contributed by atoms with Crippen LogP contribution in [0.15, 0.2) is 82.1 Å².